The van der Waals surface area contributed by atoms with E-state index in [1.54, 1.807) is 0 Å². The van der Waals surface area contributed by atoms with E-state index >= 15 is 0 Å². The number of phenolic OH excluding ortho intramolecular Hbond substituents is 1. The summed E-state index contributed by atoms with van der Waals surface area (Å²) >= 11 is 6.02. The van der Waals surface area contributed by atoms with E-state index in [2.05, 4.69) is 15.6 Å². The second-order valence-electron chi connectivity index (χ2n) is 6.66. The van der Waals surface area contributed by atoms with Gasteiger partial charge in [0.1, 0.15) is 10.9 Å². The molecule has 2 aromatic rings. The van der Waals surface area contributed by atoms with Gasteiger partial charge in [-0.15, -0.1) is 0 Å². The van der Waals surface area contributed by atoms with Crippen molar-refractivity contribution >= 4 is 39.0 Å². The molecule has 0 spiro atoms. The van der Waals surface area contributed by atoms with Crippen LogP contribution in [0.5, 0.6) is 5.75 Å². The van der Waals surface area contributed by atoms with Gasteiger partial charge in [0.25, 0.3) is 5.91 Å². The Morgan fingerprint density at radius 3 is 2.54 bits per heavy atom. The first-order chi connectivity index (χ1) is 13.2. The van der Waals surface area contributed by atoms with Crippen LogP contribution < -0.4 is 10.6 Å². The second kappa shape index (κ2) is 7.81. The van der Waals surface area contributed by atoms with Crippen molar-refractivity contribution in [2.24, 2.45) is 4.99 Å². The van der Waals surface area contributed by atoms with Crippen molar-refractivity contribution in [2.75, 3.05) is 5.32 Å². The van der Waals surface area contributed by atoms with Gasteiger partial charge in [0.05, 0.1) is 16.0 Å². The molecule has 0 aliphatic carbocycles. The minimum Gasteiger partial charge on any atom is -0.504 e. The van der Waals surface area contributed by atoms with Crippen molar-refractivity contribution in [1.29, 1.82) is 0 Å². The van der Waals surface area contributed by atoms with E-state index in [9.17, 15) is 18.3 Å². The molecule has 0 aromatic heterocycles. The molecule has 3 rings (SSSR count). The number of hydrogen-bond donors (Lipinski definition) is 3. The number of guanidine groups is 1. The number of halogens is 1. The Labute approximate surface area is 168 Å². The molecule has 7 nitrogen and oxygen atoms in total. The number of benzene rings is 2. The van der Waals surface area contributed by atoms with Crippen LogP contribution in [0.25, 0.3) is 0 Å². The highest BCUT2D eigenvalue weighted by molar-refractivity contribution is 7.92. The number of amides is 1. The summed E-state index contributed by atoms with van der Waals surface area (Å²) in [6, 6.07) is 11.7. The lowest BCUT2D eigenvalue weighted by Gasteiger charge is -2.15. The number of aromatic hydroxyl groups is 1. The topological polar surface area (TPSA) is 108 Å². The number of rotatable bonds is 5. The Morgan fingerprint density at radius 1 is 1.21 bits per heavy atom. The lowest BCUT2D eigenvalue weighted by Crippen LogP contribution is -2.33. The third-order valence-electron chi connectivity index (χ3n) is 4.34. The van der Waals surface area contributed by atoms with Crippen molar-refractivity contribution in [2.45, 2.75) is 36.5 Å². The largest absolute Gasteiger partial charge is 0.504 e. The first-order valence-corrected chi connectivity index (χ1v) is 10.6. The molecule has 1 amide bonds. The summed E-state index contributed by atoms with van der Waals surface area (Å²) in [4.78, 5) is 16.1. The van der Waals surface area contributed by atoms with Crippen molar-refractivity contribution < 1.29 is 18.3 Å². The summed E-state index contributed by atoms with van der Waals surface area (Å²) in [6.07, 6.45) is 0.428. The number of aliphatic imine (C=N–C) groups is 1. The molecule has 2 aromatic carbocycles. The summed E-state index contributed by atoms with van der Waals surface area (Å²) in [5, 5.41) is 15.0. The number of phenols is 1. The minimum absolute atomic E-state index is 0.0731. The van der Waals surface area contributed by atoms with Gasteiger partial charge < -0.3 is 10.4 Å². The third-order valence-corrected chi connectivity index (χ3v) is 6.99. The molecule has 3 N–H and O–H groups in total. The van der Waals surface area contributed by atoms with E-state index in [0.717, 1.165) is 5.56 Å². The highest BCUT2D eigenvalue weighted by Gasteiger charge is 2.30. The zero-order valence-corrected chi connectivity index (χ0v) is 16.9. The Balaban J connectivity index is 1.86. The van der Waals surface area contributed by atoms with Gasteiger partial charge in [0.15, 0.2) is 15.6 Å². The molecule has 1 atom stereocenters. The molecule has 0 bridgehead atoms. The van der Waals surface area contributed by atoms with Crippen LogP contribution in [0, 0.1) is 0 Å². The van der Waals surface area contributed by atoms with Crippen molar-refractivity contribution in [3.8, 4) is 5.75 Å². The van der Waals surface area contributed by atoms with E-state index < -0.39 is 26.9 Å². The van der Waals surface area contributed by atoms with Crippen LogP contribution in [0.4, 0.5) is 5.69 Å². The Kier molecular flexibility index (Phi) is 5.62. The van der Waals surface area contributed by atoms with Crippen molar-refractivity contribution in [3.63, 3.8) is 0 Å². The standard InChI is InChI=1S/C19H20ClN3O4S/c1-11(2)28(26,27)17-13(20)8-9-14(16(17)24)21-19-22-15(18(25)23-19)10-12-6-4-3-5-7-12/h3-9,11,15,24H,10H2,1-2H3,(H2,21,22,23,25)/t15-/m1/s1. The number of hydrogen-bond acceptors (Lipinski definition) is 6. The van der Waals surface area contributed by atoms with Gasteiger partial charge in [-0.3, -0.25) is 10.1 Å². The maximum absolute atomic E-state index is 12.5. The fourth-order valence-corrected chi connectivity index (χ4v) is 4.43. The predicted molar refractivity (Wildman–Crippen MR) is 109 cm³/mol. The van der Waals surface area contributed by atoms with Gasteiger partial charge in [0.2, 0.25) is 5.96 Å². The van der Waals surface area contributed by atoms with Gasteiger partial charge in [-0.1, -0.05) is 41.9 Å². The molecule has 9 heteroatoms. The molecule has 1 aliphatic rings. The normalized spacial score (nSPS) is 16.8. The van der Waals surface area contributed by atoms with Gasteiger partial charge >= 0.3 is 0 Å². The minimum atomic E-state index is -3.81. The van der Waals surface area contributed by atoms with E-state index in [-0.39, 0.29) is 27.5 Å². The van der Waals surface area contributed by atoms with E-state index in [1.165, 1.54) is 26.0 Å². The van der Waals surface area contributed by atoms with Gasteiger partial charge in [-0.25, -0.2) is 13.4 Å². The third kappa shape index (κ3) is 3.98. The molecule has 148 valence electrons. The molecule has 0 radical (unpaired) electrons. The van der Waals surface area contributed by atoms with E-state index in [4.69, 9.17) is 11.6 Å². The number of carbonyl (C=O) groups is 1. The van der Waals surface area contributed by atoms with Crippen molar-refractivity contribution in [1.82, 2.24) is 5.32 Å². The van der Waals surface area contributed by atoms with E-state index in [0.29, 0.717) is 6.42 Å². The highest BCUT2D eigenvalue weighted by atomic mass is 35.5. The highest BCUT2D eigenvalue weighted by Crippen LogP contribution is 2.38. The zero-order chi connectivity index (χ0) is 20.5. The Morgan fingerprint density at radius 2 is 1.89 bits per heavy atom. The molecule has 0 saturated carbocycles. The first kappa shape index (κ1) is 20.2. The van der Waals surface area contributed by atoms with Crippen molar-refractivity contribution in [3.05, 3.63) is 53.1 Å². The molecule has 0 fully saturated rings. The molecule has 0 unspecified atom stereocenters. The Hall–Kier alpha value is -2.58. The van der Waals surface area contributed by atoms with Crippen LogP contribution in [0.15, 0.2) is 52.4 Å². The number of anilines is 1. The monoisotopic (exact) mass is 421 g/mol. The molecular weight excluding hydrogens is 402 g/mol. The SMILES string of the molecule is CC(C)S(=O)(=O)c1c(Cl)ccc(NC2=N[C@H](Cc3ccccc3)C(=O)N2)c1O. The van der Waals surface area contributed by atoms with Crippen LogP contribution in [-0.2, 0) is 21.1 Å². The second-order valence-corrected chi connectivity index (χ2v) is 9.51. The lowest BCUT2D eigenvalue weighted by atomic mass is 10.1. The average molecular weight is 422 g/mol. The average Bonchev–Trinajstić information content (AvgIpc) is 2.97. The zero-order valence-electron chi connectivity index (χ0n) is 15.3. The first-order valence-electron chi connectivity index (χ1n) is 8.65. The smallest absolute Gasteiger partial charge is 0.251 e. The molecular formula is C19H20ClN3O4S. The fraction of sp³-hybridized carbons (Fsp3) is 0.263. The van der Waals surface area contributed by atoms with E-state index in [1.807, 2.05) is 30.3 Å². The number of sulfone groups is 1. The summed E-state index contributed by atoms with van der Waals surface area (Å²) in [5.41, 5.74) is 1.05. The molecule has 28 heavy (non-hydrogen) atoms. The van der Waals surface area contributed by atoms with Crippen LogP contribution >= 0.6 is 11.6 Å². The maximum atomic E-state index is 12.5. The van der Waals surface area contributed by atoms with Gasteiger partial charge in [-0.05, 0) is 31.5 Å². The van der Waals surface area contributed by atoms with Gasteiger partial charge in [0, 0.05) is 6.42 Å². The number of nitrogens with one attached hydrogen (secondary N) is 2. The lowest BCUT2D eigenvalue weighted by molar-refractivity contribution is -0.120. The van der Waals surface area contributed by atoms with Crippen LogP contribution in [0.2, 0.25) is 5.02 Å². The van der Waals surface area contributed by atoms with Crippen LogP contribution in [-0.4, -0.2) is 36.7 Å². The summed E-state index contributed by atoms with van der Waals surface area (Å²) in [5.74, 6) is -0.657. The summed E-state index contributed by atoms with van der Waals surface area (Å²) in [7, 11) is -3.81. The summed E-state index contributed by atoms with van der Waals surface area (Å²) in [6.45, 7) is 3.00. The molecule has 0 saturated heterocycles. The predicted octanol–water partition coefficient (Wildman–Crippen LogP) is 2.74. The number of carbonyl (C=O) groups excluding carboxylic acids is 1. The fourth-order valence-electron chi connectivity index (χ4n) is 2.77. The quantitative estimate of drug-likeness (QED) is 0.643. The van der Waals surface area contributed by atoms with Gasteiger partial charge in [-0.2, -0.15) is 0 Å². The molecule has 1 heterocycles. The summed E-state index contributed by atoms with van der Waals surface area (Å²) < 4.78 is 25.0. The maximum Gasteiger partial charge on any atom is 0.251 e. The number of nitrogens with zero attached hydrogens (tertiary/aromatic N) is 1. The Bertz CT molecular complexity index is 1040. The molecule has 1 aliphatic heterocycles. The van der Waals surface area contributed by atoms with Crippen LogP contribution in [0.3, 0.4) is 0 Å². The van der Waals surface area contributed by atoms with Crippen LogP contribution in [0.1, 0.15) is 19.4 Å².